The summed E-state index contributed by atoms with van der Waals surface area (Å²) in [5.74, 6) is 0.393. The lowest BCUT2D eigenvalue weighted by atomic mass is 9.77. The fourth-order valence-electron chi connectivity index (χ4n) is 2.81. The van der Waals surface area contributed by atoms with Crippen molar-refractivity contribution in [2.75, 3.05) is 6.61 Å². The number of fused-ring (bicyclic) bond motifs is 1. The van der Waals surface area contributed by atoms with Gasteiger partial charge in [0.25, 0.3) is 0 Å². The second kappa shape index (κ2) is 7.39. The predicted octanol–water partition coefficient (Wildman–Crippen LogP) is 1.94. The maximum atomic E-state index is 11.7. The third kappa shape index (κ3) is 3.92. The van der Waals surface area contributed by atoms with E-state index in [4.69, 9.17) is 25.7 Å². The topological polar surface area (TPSA) is 90.8 Å². The Labute approximate surface area is 150 Å². The fourth-order valence-corrected chi connectivity index (χ4v) is 2.95. The van der Waals surface area contributed by atoms with E-state index in [0.717, 1.165) is 11.1 Å². The quantitative estimate of drug-likeness (QED) is 0.494. The molecule has 9 heteroatoms. The van der Waals surface area contributed by atoms with Crippen LogP contribution in [-0.4, -0.2) is 34.7 Å². The van der Waals surface area contributed by atoms with Crippen molar-refractivity contribution in [3.8, 4) is 11.6 Å². The molecule has 0 fully saturated rings. The summed E-state index contributed by atoms with van der Waals surface area (Å²) in [4.78, 5) is 19.5. The second-order valence-electron chi connectivity index (χ2n) is 5.50. The molecule has 0 aliphatic carbocycles. The van der Waals surface area contributed by atoms with Gasteiger partial charge in [-0.1, -0.05) is 0 Å². The molecule has 0 spiro atoms. The van der Waals surface area contributed by atoms with Crippen molar-refractivity contribution in [1.82, 2.24) is 9.97 Å². The molecule has 7 nitrogen and oxygen atoms in total. The summed E-state index contributed by atoms with van der Waals surface area (Å²) >= 11 is 5.75. The minimum Gasteiger partial charge on any atom is -0.466 e. The largest absolute Gasteiger partial charge is 0.492 e. The molecule has 0 bridgehead atoms. The summed E-state index contributed by atoms with van der Waals surface area (Å²) in [5, 5.41) is 10.3. The summed E-state index contributed by atoms with van der Waals surface area (Å²) in [6.45, 7) is 3.90. The fraction of sp³-hybridized carbons (Fsp3) is 0.312. The minimum atomic E-state index is -1.13. The van der Waals surface area contributed by atoms with Gasteiger partial charge >= 0.3 is 13.1 Å². The summed E-state index contributed by atoms with van der Waals surface area (Å²) in [6.07, 6.45) is 0.977. The van der Waals surface area contributed by atoms with Gasteiger partial charge in [0.2, 0.25) is 11.2 Å². The third-order valence-electron chi connectivity index (χ3n) is 3.75. The lowest BCUT2D eigenvalue weighted by Gasteiger charge is -2.14. The summed E-state index contributed by atoms with van der Waals surface area (Å²) in [7, 11) is -1.13. The van der Waals surface area contributed by atoms with Crippen molar-refractivity contribution in [3.05, 3.63) is 40.8 Å². The highest BCUT2D eigenvalue weighted by Crippen LogP contribution is 2.33. The Balaban J connectivity index is 1.86. The third-order valence-corrected chi connectivity index (χ3v) is 3.94. The van der Waals surface area contributed by atoms with Crippen molar-refractivity contribution in [1.29, 1.82) is 0 Å². The molecule has 1 aliphatic rings. The number of aromatic nitrogens is 2. The number of halogens is 1. The van der Waals surface area contributed by atoms with Gasteiger partial charge in [0.05, 0.1) is 19.1 Å². The first-order valence-corrected chi connectivity index (χ1v) is 8.15. The Morgan fingerprint density at radius 2 is 2.28 bits per heavy atom. The smallest absolute Gasteiger partial charge is 0.466 e. The molecule has 1 unspecified atom stereocenters. The van der Waals surface area contributed by atoms with Gasteiger partial charge in [-0.05, 0) is 54.2 Å². The first kappa shape index (κ1) is 17.7. The molecule has 1 atom stereocenters. The summed E-state index contributed by atoms with van der Waals surface area (Å²) < 4.78 is 16.1. The van der Waals surface area contributed by atoms with E-state index in [1.54, 1.807) is 25.1 Å². The van der Waals surface area contributed by atoms with E-state index in [-0.39, 0.29) is 23.6 Å². The van der Waals surface area contributed by atoms with Gasteiger partial charge in [-0.15, -0.1) is 0 Å². The highest BCUT2D eigenvalue weighted by atomic mass is 35.5. The van der Waals surface area contributed by atoms with Crippen LogP contribution in [0.3, 0.4) is 0 Å². The Morgan fingerprint density at radius 3 is 3.00 bits per heavy atom. The van der Waals surface area contributed by atoms with E-state index in [1.165, 1.54) is 6.20 Å². The first-order valence-electron chi connectivity index (χ1n) is 7.78. The molecule has 1 N–H and O–H groups in total. The first-order chi connectivity index (χ1) is 12.0. The molecule has 3 rings (SSSR count). The summed E-state index contributed by atoms with van der Waals surface area (Å²) in [6, 6.07) is 5.02. The molecule has 0 radical (unpaired) electrons. The van der Waals surface area contributed by atoms with Crippen LogP contribution in [0.4, 0.5) is 0 Å². The molecule has 25 heavy (non-hydrogen) atoms. The van der Waals surface area contributed by atoms with Gasteiger partial charge in [-0.25, -0.2) is 4.98 Å². The number of carbonyl (C=O) groups is 1. The zero-order chi connectivity index (χ0) is 18.0. The van der Waals surface area contributed by atoms with Gasteiger partial charge in [0.1, 0.15) is 5.75 Å². The zero-order valence-corrected chi connectivity index (χ0v) is 14.5. The number of aryl methyl sites for hydroxylation is 1. The molecule has 2 aromatic rings. The normalized spacial score (nSPS) is 15.8. The Morgan fingerprint density at radius 1 is 1.48 bits per heavy atom. The number of ether oxygens (including phenoxy) is 2. The number of esters is 1. The maximum Gasteiger partial charge on any atom is 0.492 e. The van der Waals surface area contributed by atoms with Crippen molar-refractivity contribution in [2.24, 2.45) is 0 Å². The van der Waals surface area contributed by atoms with Gasteiger partial charge in [0.15, 0.2) is 0 Å². The van der Waals surface area contributed by atoms with E-state index >= 15 is 0 Å². The van der Waals surface area contributed by atoms with Crippen LogP contribution in [0.1, 0.15) is 30.6 Å². The molecular weight excluding hydrogens is 346 g/mol. The number of hydrogen-bond acceptors (Lipinski definition) is 7. The van der Waals surface area contributed by atoms with Crippen molar-refractivity contribution in [3.63, 3.8) is 0 Å². The van der Waals surface area contributed by atoms with Crippen LogP contribution in [0.25, 0.3) is 0 Å². The van der Waals surface area contributed by atoms with Gasteiger partial charge in [0, 0.05) is 12.3 Å². The van der Waals surface area contributed by atoms with E-state index in [9.17, 15) is 9.82 Å². The van der Waals surface area contributed by atoms with Crippen molar-refractivity contribution < 1.29 is 23.9 Å². The van der Waals surface area contributed by atoms with Crippen LogP contribution in [-0.2, 0) is 14.2 Å². The lowest BCUT2D eigenvalue weighted by molar-refractivity contribution is -0.145. The molecule has 0 saturated heterocycles. The number of nitrogens with zero attached hydrogens (tertiary/aromatic N) is 2. The lowest BCUT2D eigenvalue weighted by Crippen LogP contribution is -2.28. The highest BCUT2D eigenvalue weighted by Gasteiger charge is 2.38. The summed E-state index contributed by atoms with van der Waals surface area (Å²) in [5.41, 5.74) is 2.16. The minimum absolute atomic E-state index is 0.0421. The molecule has 130 valence electrons. The van der Waals surface area contributed by atoms with Crippen LogP contribution in [0, 0.1) is 6.92 Å². The number of carbonyl (C=O) groups excluding carboxylic acids is 1. The number of benzene rings is 1. The Bertz CT molecular complexity index is 804. The Hall–Kier alpha value is -2.16. The molecule has 1 aromatic heterocycles. The SMILES string of the molecule is CCOC(=O)CC1OB(O)c2cc(Oc3ccnc(Cl)n3)cc(C)c21. The molecule has 0 amide bonds. The average molecular weight is 363 g/mol. The van der Waals surface area contributed by atoms with Crippen LogP contribution in [0.15, 0.2) is 24.4 Å². The monoisotopic (exact) mass is 362 g/mol. The van der Waals surface area contributed by atoms with Crippen LogP contribution < -0.4 is 10.2 Å². The molecule has 1 aromatic carbocycles. The predicted molar refractivity (Wildman–Crippen MR) is 91.0 cm³/mol. The molecule has 0 saturated carbocycles. The van der Waals surface area contributed by atoms with E-state index in [1.807, 2.05) is 6.92 Å². The van der Waals surface area contributed by atoms with Gasteiger partial charge in [-0.3, -0.25) is 4.79 Å². The van der Waals surface area contributed by atoms with Crippen LogP contribution >= 0.6 is 11.6 Å². The molecular formula is C16H16BClN2O5. The van der Waals surface area contributed by atoms with Crippen LogP contribution in [0.5, 0.6) is 11.6 Å². The molecule has 1 aliphatic heterocycles. The second-order valence-corrected chi connectivity index (χ2v) is 5.83. The maximum absolute atomic E-state index is 11.7. The molecule has 2 heterocycles. The van der Waals surface area contributed by atoms with E-state index < -0.39 is 13.2 Å². The number of rotatable bonds is 5. The average Bonchev–Trinajstić information content (AvgIpc) is 2.84. The highest BCUT2D eigenvalue weighted by molar-refractivity contribution is 6.62. The van der Waals surface area contributed by atoms with Crippen molar-refractivity contribution in [2.45, 2.75) is 26.4 Å². The zero-order valence-electron chi connectivity index (χ0n) is 13.7. The Kier molecular flexibility index (Phi) is 5.22. The number of hydrogen-bond donors (Lipinski definition) is 1. The van der Waals surface area contributed by atoms with Gasteiger partial charge < -0.3 is 19.2 Å². The van der Waals surface area contributed by atoms with E-state index in [0.29, 0.717) is 17.8 Å². The van der Waals surface area contributed by atoms with Gasteiger partial charge in [-0.2, -0.15) is 4.98 Å². The van der Waals surface area contributed by atoms with Crippen LogP contribution in [0.2, 0.25) is 5.28 Å². The standard InChI is InChI=1S/C16H16BClN2O5/c1-3-23-14(21)8-12-15-9(2)6-10(7-11(15)17(22)25-12)24-13-4-5-19-16(18)20-13/h4-7,12,22H,3,8H2,1-2H3. The van der Waals surface area contributed by atoms with Crippen molar-refractivity contribution >= 4 is 30.2 Å². The van der Waals surface area contributed by atoms with E-state index in [2.05, 4.69) is 9.97 Å².